The maximum absolute atomic E-state index is 11.2. The van der Waals surface area contributed by atoms with E-state index in [9.17, 15) is 4.79 Å². The quantitative estimate of drug-likeness (QED) is 0.328. The maximum atomic E-state index is 11.2. The Hall–Kier alpha value is -0.540. The predicted octanol–water partition coefficient (Wildman–Crippen LogP) is -1.01. The second-order valence-corrected chi connectivity index (χ2v) is 3.93. The molecule has 0 amide bonds. The number of rotatable bonds is 7. The summed E-state index contributed by atoms with van der Waals surface area (Å²) in [6, 6.07) is 0. The van der Waals surface area contributed by atoms with Gasteiger partial charge in [0.25, 0.3) is 0 Å². The molecule has 0 spiro atoms. The Bertz CT molecular complexity index is 217. The minimum atomic E-state index is -0.281. The van der Waals surface area contributed by atoms with Crippen LogP contribution in [-0.2, 0) is 9.53 Å². The molecular weight excluding hydrogens is 226 g/mol. The summed E-state index contributed by atoms with van der Waals surface area (Å²) in [5.74, 6) is -0.281. The fraction of sp³-hybridized carbons (Fsp3) is 0.750. The third kappa shape index (κ3) is 5.52. The highest BCUT2D eigenvalue weighted by Gasteiger charge is 2.20. The highest BCUT2D eigenvalue weighted by Crippen LogP contribution is 2.05. The van der Waals surface area contributed by atoms with Crippen molar-refractivity contribution in [2.45, 2.75) is 27.7 Å². The van der Waals surface area contributed by atoms with Crippen LogP contribution in [-0.4, -0.2) is 43.2 Å². The van der Waals surface area contributed by atoms with Gasteiger partial charge in [0.2, 0.25) is 0 Å². The van der Waals surface area contributed by atoms with Gasteiger partial charge in [0.05, 0.1) is 19.6 Å². The molecule has 96 valence electrons. The molecule has 0 radical (unpaired) electrons. The van der Waals surface area contributed by atoms with Gasteiger partial charge in [-0.05, 0) is 27.7 Å². The lowest BCUT2D eigenvalue weighted by atomic mass is 10.3. The number of ether oxygens (including phenoxy) is 1. The average molecular weight is 250 g/mol. The zero-order valence-corrected chi connectivity index (χ0v) is 11.6. The molecule has 0 bridgehead atoms. The van der Waals surface area contributed by atoms with Crippen LogP contribution in [0.5, 0.6) is 0 Å². The molecule has 0 saturated carbocycles. The van der Waals surface area contributed by atoms with Gasteiger partial charge < -0.3 is 21.6 Å². The molecule has 16 heavy (non-hydrogen) atoms. The number of hydrogen-bond acceptors (Lipinski definition) is 2. The molecule has 0 saturated heterocycles. The molecule has 0 atom stereocenters. The molecule has 0 heterocycles. The van der Waals surface area contributed by atoms with E-state index < -0.39 is 0 Å². The van der Waals surface area contributed by atoms with Gasteiger partial charge in [0.1, 0.15) is 13.2 Å². The van der Waals surface area contributed by atoms with Crippen molar-refractivity contribution in [1.82, 2.24) is 0 Å². The Labute approximate surface area is 105 Å². The lowest BCUT2D eigenvalue weighted by molar-refractivity contribution is -0.923. The Balaban J connectivity index is 0. The molecule has 0 aliphatic rings. The molecule has 0 unspecified atom stereocenters. The molecule has 0 aromatic heterocycles. The standard InChI is InChI=1S/C12H24NO2.ClH/c1-6-13(7-2,8-3)9-10-15-12(14)11(4)5;/h4,6-10H2,1-3,5H3;1H/q+1;/p-1. The van der Waals surface area contributed by atoms with Crippen molar-refractivity contribution in [3.8, 4) is 0 Å². The molecule has 0 rings (SSSR count). The Morgan fingerprint density at radius 1 is 1.19 bits per heavy atom. The predicted molar refractivity (Wildman–Crippen MR) is 62.5 cm³/mol. The number of carbonyl (C=O) groups is 1. The van der Waals surface area contributed by atoms with Gasteiger partial charge in [-0.3, -0.25) is 0 Å². The summed E-state index contributed by atoms with van der Waals surface area (Å²) in [7, 11) is 0. The molecule has 0 fully saturated rings. The first kappa shape index (κ1) is 17.8. The number of nitrogens with zero attached hydrogens (tertiary/aromatic N) is 1. The van der Waals surface area contributed by atoms with Crippen molar-refractivity contribution in [1.29, 1.82) is 0 Å². The van der Waals surface area contributed by atoms with E-state index in [-0.39, 0.29) is 18.4 Å². The molecule has 0 aliphatic carbocycles. The van der Waals surface area contributed by atoms with Crippen molar-refractivity contribution in [2.24, 2.45) is 0 Å². The lowest BCUT2D eigenvalue weighted by Gasteiger charge is -2.35. The zero-order valence-electron chi connectivity index (χ0n) is 10.9. The summed E-state index contributed by atoms with van der Waals surface area (Å²) >= 11 is 0. The molecule has 4 heteroatoms. The Kier molecular flexibility index (Phi) is 9.58. The second kappa shape index (κ2) is 8.59. The van der Waals surface area contributed by atoms with Gasteiger partial charge in [0, 0.05) is 5.57 Å². The number of halogens is 1. The summed E-state index contributed by atoms with van der Waals surface area (Å²) in [4.78, 5) is 11.2. The van der Waals surface area contributed by atoms with Gasteiger partial charge in [-0.15, -0.1) is 0 Å². The minimum absolute atomic E-state index is 0. The van der Waals surface area contributed by atoms with Gasteiger partial charge in [-0.25, -0.2) is 4.79 Å². The fourth-order valence-corrected chi connectivity index (χ4v) is 1.60. The van der Waals surface area contributed by atoms with Gasteiger partial charge in [0.15, 0.2) is 0 Å². The highest BCUT2D eigenvalue weighted by molar-refractivity contribution is 5.86. The van der Waals surface area contributed by atoms with Gasteiger partial charge >= 0.3 is 5.97 Å². The number of likely N-dealkylation sites (N-methyl/N-ethyl adjacent to an activating group) is 1. The molecule has 0 N–H and O–H groups in total. The minimum Gasteiger partial charge on any atom is -1.00 e. The van der Waals surface area contributed by atoms with Crippen LogP contribution in [0.4, 0.5) is 0 Å². The van der Waals surface area contributed by atoms with E-state index in [1.165, 1.54) is 0 Å². The number of quaternary nitrogens is 1. The van der Waals surface area contributed by atoms with Crippen LogP contribution in [0.3, 0.4) is 0 Å². The van der Waals surface area contributed by atoms with E-state index >= 15 is 0 Å². The smallest absolute Gasteiger partial charge is 0.333 e. The Morgan fingerprint density at radius 3 is 1.94 bits per heavy atom. The first-order chi connectivity index (χ1) is 7.01. The lowest BCUT2D eigenvalue weighted by Crippen LogP contribution is -3.00. The Morgan fingerprint density at radius 2 is 1.62 bits per heavy atom. The van der Waals surface area contributed by atoms with Crippen LogP contribution < -0.4 is 12.4 Å². The van der Waals surface area contributed by atoms with Crippen molar-refractivity contribution < 1.29 is 26.4 Å². The van der Waals surface area contributed by atoms with Crippen LogP contribution >= 0.6 is 0 Å². The topological polar surface area (TPSA) is 26.3 Å². The summed E-state index contributed by atoms with van der Waals surface area (Å²) in [5, 5.41) is 0. The molecule has 3 nitrogen and oxygen atoms in total. The molecular formula is C12H24ClNO2. The van der Waals surface area contributed by atoms with Crippen LogP contribution in [0, 0.1) is 0 Å². The second-order valence-electron chi connectivity index (χ2n) is 3.93. The fourth-order valence-electron chi connectivity index (χ4n) is 1.60. The van der Waals surface area contributed by atoms with Gasteiger partial charge in [-0.1, -0.05) is 6.58 Å². The summed E-state index contributed by atoms with van der Waals surface area (Å²) < 4.78 is 6.11. The summed E-state index contributed by atoms with van der Waals surface area (Å²) in [5.41, 5.74) is 0.470. The van der Waals surface area contributed by atoms with E-state index in [4.69, 9.17) is 4.74 Å². The van der Waals surface area contributed by atoms with E-state index in [1.807, 2.05) is 0 Å². The van der Waals surface area contributed by atoms with E-state index in [2.05, 4.69) is 27.4 Å². The summed E-state index contributed by atoms with van der Waals surface area (Å²) in [6.45, 7) is 16.4. The van der Waals surface area contributed by atoms with Crippen LogP contribution in [0.25, 0.3) is 0 Å². The molecule has 0 aliphatic heterocycles. The zero-order chi connectivity index (χ0) is 11.9. The third-order valence-corrected chi connectivity index (χ3v) is 3.16. The van der Waals surface area contributed by atoms with E-state index in [0.29, 0.717) is 12.2 Å². The largest absolute Gasteiger partial charge is 1.00 e. The van der Waals surface area contributed by atoms with Crippen molar-refractivity contribution in [2.75, 3.05) is 32.8 Å². The number of esters is 1. The van der Waals surface area contributed by atoms with Crippen LogP contribution in [0.2, 0.25) is 0 Å². The highest BCUT2D eigenvalue weighted by atomic mass is 35.5. The number of carbonyl (C=O) groups excluding carboxylic acids is 1. The third-order valence-electron chi connectivity index (χ3n) is 3.16. The summed E-state index contributed by atoms with van der Waals surface area (Å²) in [6.07, 6.45) is 0. The van der Waals surface area contributed by atoms with Crippen molar-refractivity contribution in [3.63, 3.8) is 0 Å². The van der Waals surface area contributed by atoms with Crippen LogP contribution in [0.1, 0.15) is 27.7 Å². The number of hydrogen-bond donors (Lipinski definition) is 0. The SMILES string of the molecule is C=C(C)C(=O)OCC[N+](CC)(CC)CC.[Cl-]. The first-order valence-electron chi connectivity index (χ1n) is 5.69. The van der Waals surface area contributed by atoms with Crippen molar-refractivity contribution >= 4 is 5.97 Å². The van der Waals surface area contributed by atoms with Gasteiger partial charge in [-0.2, -0.15) is 0 Å². The normalized spacial score (nSPS) is 10.5. The van der Waals surface area contributed by atoms with E-state index in [0.717, 1.165) is 30.7 Å². The van der Waals surface area contributed by atoms with E-state index in [1.54, 1.807) is 6.92 Å². The maximum Gasteiger partial charge on any atom is 0.333 e. The van der Waals surface area contributed by atoms with Crippen molar-refractivity contribution in [3.05, 3.63) is 12.2 Å². The first-order valence-corrected chi connectivity index (χ1v) is 5.69. The monoisotopic (exact) mass is 249 g/mol. The van der Waals surface area contributed by atoms with Crippen LogP contribution in [0.15, 0.2) is 12.2 Å². The average Bonchev–Trinajstić information content (AvgIpc) is 2.24. The molecule has 0 aromatic carbocycles. The molecule has 0 aromatic rings.